The van der Waals surface area contributed by atoms with Crippen molar-refractivity contribution in [2.24, 2.45) is 0 Å². The van der Waals surface area contributed by atoms with E-state index in [4.69, 9.17) is 11.6 Å². The van der Waals surface area contributed by atoms with Gasteiger partial charge in [0.05, 0.1) is 0 Å². The van der Waals surface area contributed by atoms with Crippen LogP contribution in [0.25, 0.3) is 0 Å². The second-order valence-electron chi connectivity index (χ2n) is 1.72. The molecule has 0 spiro atoms. The highest BCUT2D eigenvalue weighted by molar-refractivity contribution is 6.29. The summed E-state index contributed by atoms with van der Waals surface area (Å²) in [5, 5.41) is -0.00711. The number of hydrogen-bond donors (Lipinski definition) is 1. The van der Waals surface area contributed by atoms with E-state index < -0.39 is 11.9 Å². The lowest BCUT2D eigenvalue weighted by molar-refractivity contribution is -0.140. The third-order valence-corrected chi connectivity index (χ3v) is 1.18. The van der Waals surface area contributed by atoms with E-state index in [1.807, 2.05) is 4.98 Å². The Bertz CT molecular complexity index is 227. The summed E-state index contributed by atoms with van der Waals surface area (Å²) in [6.45, 7) is 0. The van der Waals surface area contributed by atoms with Gasteiger partial charge in [0, 0.05) is 0 Å². The highest BCUT2D eigenvalue weighted by Gasteiger charge is 2.31. The Labute approximate surface area is 59.8 Å². The molecule has 0 aliphatic rings. The average molecular weight is 170 g/mol. The number of H-pyrrole nitrogens is 1. The van der Waals surface area contributed by atoms with Gasteiger partial charge in [-0.05, 0) is 12.1 Å². The molecule has 1 aromatic heterocycles. The molecule has 0 atom stereocenters. The predicted octanol–water partition coefficient (Wildman–Crippen LogP) is 2.69. The van der Waals surface area contributed by atoms with Gasteiger partial charge in [0.15, 0.2) is 0 Å². The molecule has 0 saturated heterocycles. The smallest absolute Gasteiger partial charge is 0.342 e. The van der Waals surface area contributed by atoms with Gasteiger partial charge in [-0.15, -0.1) is 0 Å². The van der Waals surface area contributed by atoms with Gasteiger partial charge in [0.1, 0.15) is 10.8 Å². The summed E-state index contributed by atoms with van der Waals surface area (Å²) in [6, 6.07) is 2.05. The second kappa shape index (κ2) is 2.20. The van der Waals surface area contributed by atoms with E-state index >= 15 is 0 Å². The lowest BCUT2D eigenvalue weighted by Gasteiger charge is -2.00. The van der Waals surface area contributed by atoms with Crippen LogP contribution in [-0.2, 0) is 6.18 Å². The van der Waals surface area contributed by atoms with Gasteiger partial charge in [-0.25, -0.2) is 0 Å². The number of aromatic nitrogens is 1. The maximum absolute atomic E-state index is 11.7. The maximum Gasteiger partial charge on any atom is 0.431 e. The van der Waals surface area contributed by atoms with Crippen LogP contribution in [0.1, 0.15) is 5.69 Å². The lowest BCUT2D eigenvalue weighted by atomic mass is 10.4. The summed E-state index contributed by atoms with van der Waals surface area (Å²) in [5.74, 6) is 0. The van der Waals surface area contributed by atoms with E-state index in [-0.39, 0.29) is 5.15 Å². The van der Waals surface area contributed by atoms with Crippen molar-refractivity contribution in [1.82, 2.24) is 4.98 Å². The molecule has 1 N–H and O–H groups in total. The minimum atomic E-state index is -4.33. The molecule has 0 fully saturated rings. The van der Waals surface area contributed by atoms with Crippen molar-refractivity contribution in [2.75, 3.05) is 0 Å². The Kier molecular flexibility index (Phi) is 1.64. The van der Waals surface area contributed by atoms with E-state index in [1.165, 1.54) is 0 Å². The molecule has 1 aromatic rings. The molecule has 0 amide bonds. The first-order valence-electron chi connectivity index (χ1n) is 2.42. The van der Waals surface area contributed by atoms with Crippen LogP contribution >= 0.6 is 11.6 Å². The van der Waals surface area contributed by atoms with E-state index in [0.29, 0.717) is 0 Å². The van der Waals surface area contributed by atoms with Crippen molar-refractivity contribution in [1.29, 1.82) is 0 Å². The molecule has 0 aromatic carbocycles. The Hall–Kier alpha value is -0.640. The summed E-state index contributed by atoms with van der Waals surface area (Å²) in [7, 11) is 0. The summed E-state index contributed by atoms with van der Waals surface area (Å²) >= 11 is 5.21. The minimum Gasteiger partial charge on any atom is -0.342 e. The SMILES string of the molecule is FC(F)(F)c1ccc(Cl)[nH]1. The molecular weight excluding hydrogens is 167 g/mol. The highest BCUT2D eigenvalue weighted by atomic mass is 35.5. The molecule has 0 aliphatic heterocycles. The zero-order chi connectivity index (χ0) is 7.78. The van der Waals surface area contributed by atoms with E-state index in [1.54, 1.807) is 0 Å². The monoisotopic (exact) mass is 169 g/mol. The van der Waals surface area contributed by atoms with Crippen molar-refractivity contribution >= 4 is 11.6 Å². The lowest BCUT2D eigenvalue weighted by Crippen LogP contribution is -2.04. The summed E-state index contributed by atoms with van der Waals surface area (Å²) in [5.41, 5.74) is -0.822. The topological polar surface area (TPSA) is 15.8 Å². The zero-order valence-corrected chi connectivity index (χ0v) is 5.42. The van der Waals surface area contributed by atoms with Crippen LogP contribution in [0, 0.1) is 0 Å². The Morgan fingerprint density at radius 1 is 1.30 bits per heavy atom. The van der Waals surface area contributed by atoms with Gasteiger partial charge in [-0.1, -0.05) is 11.6 Å². The molecule has 1 nitrogen and oxygen atoms in total. The number of rotatable bonds is 0. The third kappa shape index (κ3) is 1.44. The van der Waals surface area contributed by atoms with Gasteiger partial charge in [-0.3, -0.25) is 0 Å². The quantitative estimate of drug-likeness (QED) is 0.615. The van der Waals surface area contributed by atoms with Crippen LogP contribution in [0.2, 0.25) is 5.15 Å². The van der Waals surface area contributed by atoms with Crippen LogP contribution < -0.4 is 0 Å². The molecule has 0 aliphatic carbocycles. The Morgan fingerprint density at radius 2 is 1.90 bits per heavy atom. The van der Waals surface area contributed by atoms with Gasteiger partial charge < -0.3 is 4.98 Å². The molecule has 5 heteroatoms. The van der Waals surface area contributed by atoms with Crippen LogP contribution in [0.15, 0.2) is 12.1 Å². The van der Waals surface area contributed by atoms with Crippen molar-refractivity contribution in [2.45, 2.75) is 6.18 Å². The maximum atomic E-state index is 11.7. The second-order valence-corrected chi connectivity index (χ2v) is 2.12. The van der Waals surface area contributed by atoms with Gasteiger partial charge in [0.25, 0.3) is 0 Å². The van der Waals surface area contributed by atoms with E-state index in [9.17, 15) is 13.2 Å². The standard InChI is InChI=1S/C5H3ClF3N/c6-4-2-1-3(10-4)5(7,8)9/h1-2,10H. The first-order chi connectivity index (χ1) is 4.50. The van der Waals surface area contributed by atoms with E-state index in [0.717, 1.165) is 12.1 Å². The van der Waals surface area contributed by atoms with Crippen LogP contribution in [0.4, 0.5) is 13.2 Å². The molecule has 0 radical (unpaired) electrons. The molecule has 10 heavy (non-hydrogen) atoms. The minimum absolute atomic E-state index is 0.00711. The fourth-order valence-electron chi connectivity index (χ4n) is 0.534. The summed E-state index contributed by atoms with van der Waals surface area (Å²) in [4.78, 5) is 1.96. The first kappa shape index (κ1) is 7.47. The average Bonchev–Trinajstić information content (AvgIpc) is 2.11. The summed E-state index contributed by atoms with van der Waals surface area (Å²) < 4.78 is 35.1. The molecular formula is C5H3ClF3N. The van der Waals surface area contributed by atoms with Crippen LogP contribution in [0.5, 0.6) is 0 Å². The zero-order valence-electron chi connectivity index (χ0n) is 4.67. The number of aromatic amines is 1. The molecule has 56 valence electrons. The normalized spacial score (nSPS) is 12.0. The molecule has 1 rings (SSSR count). The number of nitrogens with one attached hydrogen (secondary N) is 1. The van der Waals surface area contributed by atoms with Crippen molar-refractivity contribution in [3.8, 4) is 0 Å². The summed E-state index contributed by atoms with van der Waals surface area (Å²) in [6.07, 6.45) is -4.33. The Morgan fingerprint density at radius 3 is 2.10 bits per heavy atom. The van der Waals surface area contributed by atoms with Gasteiger partial charge >= 0.3 is 6.18 Å². The number of alkyl halides is 3. The fraction of sp³-hybridized carbons (Fsp3) is 0.200. The predicted molar refractivity (Wildman–Crippen MR) is 30.8 cm³/mol. The van der Waals surface area contributed by atoms with Crippen LogP contribution in [0.3, 0.4) is 0 Å². The Balaban J connectivity index is 2.96. The van der Waals surface area contributed by atoms with Gasteiger partial charge in [0.2, 0.25) is 0 Å². The largest absolute Gasteiger partial charge is 0.431 e. The van der Waals surface area contributed by atoms with Gasteiger partial charge in [-0.2, -0.15) is 13.2 Å². The fourth-order valence-corrected chi connectivity index (χ4v) is 0.699. The van der Waals surface area contributed by atoms with Crippen molar-refractivity contribution < 1.29 is 13.2 Å². The van der Waals surface area contributed by atoms with Crippen molar-refractivity contribution in [3.05, 3.63) is 23.0 Å². The molecule has 0 saturated carbocycles. The number of hydrogen-bond acceptors (Lipinski definition) is 0. The molecule has 1 heterocycles. The third-order valence-electron chi connectivity index (χ3n) is 0.956. The van der Waals surface area contributed by atoms with Crippen LogP contribution in [-0.4, -0.2) is 4.98 Å². The highest BCUT2D eigenvalue weighted by Crippen LogP contribution is 2.28. The molecule has 0 bridgehead atoms. The first-order valence-corrected chi connectivity index (χ1v) is 2.79. The number of halogens is 4. The van der Waals surface area contributed by atoms with Crippen molar-refractivity contribution in [3.63, 3.8) is 0 Å². The molecule has 0 unspecified atom stereocenters. The van der Waals surface area contributed by atoms with E-state index in [2.05, 4.69) is 0 Å².